The summed E-state index contributed by atoms with van der Waals surface area (Å²) in [4.78, 5) is 21.7. The van der Waals surface area contributed by atoms with Crippen LogP contribution in [0.2, 0.25) is 0 Å². The summed E-state index contributed by atoms with van der Waals surface area (Å²) in [5.74, 6) is -1.48. The molecule has 0 aliphatic heterocycles. The Morgan fingerprint density at radius 2 is 1.87 bits per heavy atom. The van der Waals surface area contributed by atoms with Crippen LogP contribution in [-0.4, -0.2) is 54.1 Å². The number of esters is 2. The second-order valence-electron chi connectivity index (χ2n) is 2.89. The molecule has 1 unspecified atom stereocenters. The molecule has 6 N–H and O–H groups in total. The van der Waals surface area contributed by atoms with Crippen molar-refractivity contribution in [2.75, 3.05) is 13.1 Å². The van der Waals surface area contributed by atoms with Crippen LogP contribution in [0.25, 0.3) is 0 Å². The molecule has 7 heteroatoms. The molecule has 15 heavy (non-hydrogen) atoms. The molecule has 0 aliphatic rings. The largest absolute Gasteiger partial charge is 2.00 e. The molecule has 0 aromatic carbocycles. The first-order valence-corrected chi connectivity index (χ1v) is 4.52. The molecular formula is C8H19MgN3O3. The van der Waals surface area contributed by atoms with Gasteiger partial charge in [0.2, 0.25) is 0 Å². The Balaban J connectivity index is -0.000000282. The second-order valence-corrected chi connectivity index (χ2v) is 2.89. The Bertz CT molecular complexity index is 210. The molecule has 0 aliphatic carbocycles. The smallest absolute Gasteiger partial charge is 1.00 e. The van der Waals surface area contributed by atoms with Gasteiger partial charge in [0.05, 0.1) is 6.54 Å². The third-order valence-corrected chi connectivity index (χ3v) is 1.65. The van der Waals surface area contributed by atoms with E-state index in [2.05, 4.69) is 4.74 Å². The van der Waals surface area contributed by atoms with Crippen LogP contribution in [0.4, 0.5) is 0 Å². The first kappa shape index (κ1) is 17.2. The second kappa shape index (κ2) is 10.3. The summed E-state index contributed by atoms with van der Waals surface area (Å²) >= 11 is 0. The van der Waals surface area contributed by atoms with Crippen molar-refractivity contribution in [3.8, 4) is 0 Å². The third-order valence-electron chi connectivity index (χ3n) is 1.65. The molecule has 0 spiro atoms. The van der Waals surface area contributed by atoms with Crippen LogP contribution >= 0.6 is 0 Å². The Morgan fingerprint density at radius 1 is 1.27 bits per heavy atom. The van der Waals surface area contributed by atoms with E-state index in [1.807, 2.05) is 0 Å². The quantitative estimate of drug-likeness (QED) is 0.216. The molecule has 0 radical (unpaired) electrons. The Morgan fingerprint density at radius 3 is 2.33 bits per heavy atom. The maximum Gasteiger partial charge on any atom is 2.00 e. The van der Waals surface area contributed by atoms with E-state index in [9.17, 15) is 9.59 Å². The minimum absolute atomic E-state index is 0. The SMILES string of the molecule is NCCCCC(N)C(=O)OC(=O)CN.[H-].[H-].[Mg+2]. The van der Waals surface area contributed by atoms with E-state index in [1.54, 1.807) is 0 Å². The minimum Gasteiger partial charge on any atom is -1.00 e. The standard InChI is InChI=1S/C8H17N3O3.Mg.2H/c9-4-2-1-3-6(11)8(13)14-7(12)5-10;;;/h6H,1-5,9-11H2;;;/q;+2;2*-1. The Labute approximate surface area is 108 Å². The van der Waals surface area contributed by atoms with Gasteiger partial charge >= 0.3 is 35.0 Å². The first-order valence-electron chi connectivity index (χ1n) is 4.52. The van der Waals surface area contributed by atoms with Crippen molar-refractivity contribution in [2.24, 2.45) is 17.2 Å². The molecule has 0 saturated carbocycles. The normalized spacial score (nSPS) is 11.4. The average Bonchev–Trinajstić information content (AvgIpc) is 2.17. The van der Waals surface area contributed by atoms with Gasteiger partial charge in [-0.25, -0.2) is 4.79 Å². The number of hydrogen-bond acceptors (Lipinski definition) is 6. The molecule has 0 saturated heterocycles. The summed E-state index contributed by atoms with van der Waals surface area (Å²) in [6.07, 6.45) is 2.00. The van der Waals surface area contributed by atoms with Crippen molar-refractivity contribution in [1.29, 1.82) is 0 Å². The van der Waals surface area contributed by atoms with Gasteiger partial charge in [0, 0.05) is 0 Å². The summed E-state index contributed by atoms with van der Waals surface area (Å²) in [5.41, 5.74) is 15.7. The number of ether oxygens (including phenoxy) is 1. The zero-order chi connectivity index (χ0) is 11.0. The van der Waals surface area contributed by atoms with E-state index >= 15 is 0 Å². The number of carbonyl (C=O) groups is 2. The van der Waals surface area contributed by atoms with Crippen LogP contribution < -0.4 is 17.2 Å². The summed E-state index contributed by atoms with van der Waals surface area (Å²) in [6.45, 7) is 0.241. The van der Waals surface area contributed by atoms with Crippen molar-refractivity contribution in [3.05, 3.63) is 0 Å². The number of carbonyl (C=O) groups excluding carboxylic acids is 2. The fraction of sp³-hybridized carbons (Fsp3) is 0.750. The van der Waals surface area contributed by atoms with E-state index < -0.39 is 18.0 Å². The third kappa shape index (κ3) is 8.76. The fourth-order valence-corrected chi connectivity index (χ4v) is 0.856. The summed E-state index contributed by atoms with van der Waals surface area (Å²) < 4.78 is 4.33. The maximum atomic E-state index is 11.1. The van der Waals surface area contributed by atoms with Gasteiger partial charge in [-0.2, -0.15) is 0 Å². The number of unbranched alkanes of at least 4 members (excludes halogenated alkanes) is 1. The fourth-order valence-electron chi connectivity index (χ4n) is 0.856. The Kier molecular flexibility index (Phi) is 11.8. The molecule has 0 bridgehead atoms. The predicted octanol–water partition coefficient (Wildman–Crippen LogP) is -1.68. The van der Waals surface area contributed by atoms with Crippen molar-refractivity contribution in [3.63, 3.8) is 0 Å². The van der Waals surface area contributed by atoms with Gasteiger partial charge in [0.25, 0.3) is 0 Å². The van der Waals surface area contributed by atoms with E-state index in [-0.39, 0.29) is 32.5 Å². The molecule has 0 fully saturated rings. The van der Waals surface area contributed by atoms with Crippen LogP contribution in [0.15, 0.2) is 0 Å². The zero-order valence-electron chi connectivity index (χ0n) is 10.8. The molecule has 0 rings (SSSR count). The van der Waals surface area contributed by atoms with Crippen LogP contribution in [0.3, 0.4) is 0 Å². The van der Waals surface area contributed by atoms with E-state index in [0.29, 0.717) is 13.0 Å². The summed E-state index contributed by atoms with van der Waals surface area (Å²) in [7, 11) is 0. The van der Waals surface area contributed by atoms with Crippen molar-refractivity contribution in [2.45, 2.75) is 25.3 Å². The van der Waals surface area contributed by atoms with E-state index in [4.69, 9.17) is 17.2 Å². The molecule has 0 aromatic heterocycles. The zero-order valence-corrected chi connectivity index (χ0v) is 10.2. The topological polar surface area (TPSA) is 121 Å². The van der Waals surface area contributed by atoms with Gasteiger partial charge in [0.1, 0.15) is 6.04 Å². The van der Waals surface area contributed by atoms with Gasteiger partial charge in [-0.15, -0.1) is 0 Å². The van der Waals surface area contributed by atoms with Gasteiger partial charge < -0.3 is 24.8 Å². The summed E-state index contributed by atoms with van der Waals surface area (Å²) in [5, 5.41) is 0. The van der Waals surface area contributed by atoms with Crippen LogP contribution in [0.1, 0.15) is 22.1 Å². The molecule has 0 heterocycles. The van der Waals surface area contributed by atoms with Crippen LogP contribution in [0, 0.1) is 0 Å². The molecule has 0 amide bonds. The Hall–Kier alpha value is -0.214. The van der Waals surface area contributed by atoms with Crippen LogP contribution in [-0.2, 0) is 14.3 Å². The van der Waals surface area contributed by atoms with Crippen molar-refractivity contribution in [1.82, 2.24) is 0 Å². The number of rotatable bonds is 6. The van der Waals surface area contributed by atoms with Crippen molar-refractivity contribution < 1.29 is 17.2 Å². The monoisotopic (exact) mass is 229 g/mol. The van der Waals surface area contributed by atoms with Gasteiger partial charge in [-0.1, -0.05) is 6.42 Å². The van der Waals surface area contributed by atoms with Gasteiger partial charge in [-0.05, 0) is 19.4 Å². The molecule has 86 valence electrons. The van der Waals surface area contributed by atoms with Crippen LogP contribution in [0.5, 0.6) is 0 Å². The molecule has 6 nitrogen and oxygen atoms in total. The summed E-state index contributed by atoms with van der Waals surface area (Å²) in [6, 6.07) is -0.767. The van der Waals surface area contributed by atoms with Gasteiger partial charge in [-0.3, -0.25) is 4.79 Å². The number of nitrogens with two attached hydrogens (primary N) is 3. The number of hydrogen-bond donors (Lipinski definition) is 3. The van der Waals surface area contributed by atoms with Gasteiger partial charge in [0.15, 0.2) is 0 Å². The molecule has 1 atom stereocenters. The average molecular weight is 230 g/mol. The maximum absolute atomic E-state index is 11.1. The van der Waals surface area contributed by atoms with Crippen molar-refractivity contribution >= 4 is 35.0 Å². The predicted molar refractivity (Wildman–Crippen MR) is 59.0 cm³/mol. The minimum atomic E-state index is -0.767. The van der Waals surface area contributed by atoms with E-state index in [1.165, 1.54) is 0 Å². The van der Waals surface area contributed by atoms with E-state index in [0.717, 1.165) is 12.8 Å². The molecule has 0 aromatic rings. The molecular weight excluding hydrogens is 210 g/mol. The first-order chi connectivity index (χ1) is 6.61.